The van der Waals surface area contributed by atoms with Crippen molar-refractivity contribution in [3.8, 4) is 11.5 Å². The van der Waals surface area contributed by atoms with E-state index in [1.54, 1.807) is 67.6 Å². The van der Waals surface area contributed by atoms with Crippen molar-refractivity contribution < 1.29 is 27.5 Å². The fraction of sp³-hybridized carbons (Fsp3) is 0.310. The predicted octanol–water partition coefficient (Wildman–Crippen LogP) is 4.25. The fourth-order valence-electron chi connectivity index (χ4n) is 4.20. The quantitative estimate of drug-likeness (QED) is 0.361. The van der Waals surface area contributed by atoms with Crippen molar-refractivity contribution in [2.24, 2.45) is 0 Å². The van der Waals surface area contributed by atoms with Crippen molar-refractivity contribution >= 4 is 39.1 Å². The van der Waals surface area contributed by atoms with Crippen LogP contribution in [0.5, 0.6) is 11.5 Å². The van der Waals surface area contributed by atoms with Gasteiger partial charge in [-0.1, -0.05) is 48.9 Å². The minimum absolute atomic E-state index is 0.0238. The number of nitrogens with one attached hydrogen (secondary N) is 1. The fourth-order valence-corrected chi connectivity index (χ4v) is 5.75. The number of rotatable bonds is 11. The van der Waals surface area contributed by atoms with Crippen molar-refractivity contribution in [2.75, 3.05) is 30.6 Å². The molecule has 0 aromatic heterocycles. The molecule has 1 N–H and O–H groups in total. The van der Waals surface area contributed by atoms with Gasteiger partial charge in [-0.3, -0.25) is 13.9 Å². The summed E-state index contributed by atoms with van der Waals surface area (Å²) >= 11 is 6.04. The van der Waals surface area contributed by atoms with Crippen LogP contribution >= 0.6 is 11.6 Å². The predicted molar refractivity (Wildman–Crippen MR) is 153 cm³/mol. The Morgan fingerprint density at radius 1 is 0.975 bits per heavy atom. The van der Waals surface area contributed by atoms with E-state index >= 15 is 0 Å². The summed E-state index contributed by atoms with van der Waals surface area (Å²) in [5.41, 5.74) is 0.973. The van der Waals surface area contributed by atoms with Gasteiger partial charge in [-0.2, -0.15) is 0 Å². The lowest BCUT2D eigenvalue weighted by molar-refractivity contribution is -0.139. The van der Waals surface area contributed by atoms with Crippen LogP contribution < -0.4 is 19.1 Å². The molecule has 0 saturated heterocycles. The number of amides is 2. The maximum Gasteiger partial charge on any atom is 0.264 e. The minimum Gasteiger partial charge on any atom is -0.486 e. The molecule has 1 aliphatic heterocycles. The summed E-state index contributed by atoms with van der Waals surface area (Å²) in [4.78, 5) is 28.3. The number of ether oxygens (including phenoxy) is 2. The van der Waals surface area contributed by atoms with E-state index in [1.807, 2.05) is 6.92 Å². The number of hydrogen-bond acceptors (Lipinski definition) is 6. The number of carbonyl (C=O) groups excluding carboxylic acids is 2. The molecule has 2 amide bonds. The molecular formula is C29H32ClN3O6S. The molecule has 0 unspecified atom stereocenters. The number of hydrogen-bond donors (Lipinski definition) is 1. The molecule has 1 aliphatic rings. The third-order valence-electron chi connectivity index (χ3n) is 6.41. The first-order valence-corrected chi connectivity index (χ1v) is 14.8. The Morgan fingerprint density at radius 3 is 2.33 bits per heavy atom. The highest BCUT2D eigenvalue weighted by atomic mass is 35.5. The van der Waals surface area contributed by atoms with Crippen molar-refractivity contribution in [3.05, 3.63) is 83.4 Å². The average Bonchev–Trinajstić information content (AvgIpc) is 2.98. The van der Waals surface area contributed by atoms with E-state index in [2.05, 4.69) is 5.32 Å². The lowest BCUT2D eigenvalue weighted by Gasteiger charge is -2.32. The highest BCUT2D eigenvalue weighted by Crippen LogP contribution is 2.36. The number of fused-ring (bicyclic) bond motifs is 1. The molecule has 0 saturated carbocycles. The Balaban J connectivity index is 1.71. The van der Waals surface area contributed by atoms with Gasteiger partial charge in [0.1, 0.15) is 25.8 Å². The molecule has 4 rings (SSSR count). The molecule has 1 atom stereocenters. The Hall–Kier alpha value is -3.76. The van der Waals surface area contributed by atoms with Gasteiger partial charge in [0.05, 0.1) is 10.6 Å². The first-order chi connectivity index (χ1) is 19.2. The van der Waals surface area contributed by atoms with Gasteiger partial charge in [-0.05, 0) is 55.3 Å². The maximum atomic E-state index is 13.9. The average molecular weight is 586 g/mol. The largest absolute Gasteiger partial charge is 0.486 e. The molecule has 0 spiro atoms. The van der Waals surface area contributed by atoms with Gasteiger partial charge in [0.15, 0.2) is 11.5 Å². The number of carbonyl (C=O) groups is 2. The van der Waals surface area contributed by atoms with Crippen molar-refractivity contribution in [1.29, 1.82) is 0 Å². The number of sulfonamides is 1. The third-order valence-corrected chi connectivity index (χ3v) is 8.45. The van der Waals surface area contributed by atoms with Crippen molar-refractivity contribution in [1.82, 2.24) is 10.2 Å². The van der Waals surface area contributed by atoms with Crippen LogP contribution in [0.1, 0.15) is 25.8 Å². The Bertz CT molecular complexity index is 1430. The molecular weight excluding hydrogens is 554 g/mol. The Kier molecular flexibility index (Phi) is 9.54. The topological polar surface area (TPSA) is 105 Å². The SMILES string of the molecule is CCCNC(=O)[C@H](C)N(Cc1ccc(Cl)cc1)C(=O)CN(c1ccc2c(c1)OCCO2)S(=O)(=O)c1ccccc1. The van der Waals surface area contributed by atoms with E-state index in [4.69, 9.17) is 21.1 Å². The van der Waals surface area contributed by atoms with Crippen LogP contribution in [0.15, 0.2) is 77.7 Å². The second kappa shape index (κ2) is 13.1. The summed E-state index contributed by atoms with van der Waals surface area (Å²) in [6.07, 6.45) is 0.733. The monoisotopic (exact) mass is 585 g/mol. The highest BCUT2D eigenvalue weighted by molar-refractivity contribution is 7.92. The molecule has 3 aromatic carbocycles. The van der Waals surface area contributed by atoms with Crippen LogP contribution in [0.4, 0.5) is 5.69 Å². The molecule has 212 valence electrons. The van der Waals surface area contributed by atoms with Gasteiger partial charge >= 0.3 is 0 Å². The number of nitrogens with zero attached hydrogens (tertiary/aromatic N) is 2. The van der Waals surface area contributed by atoms with Crippen molar-refractivity contribution in [3.63, 3.8) is 0 Å². The van der Waals surface area contributed by atoms with Gasteiger partial charge in [0, 0.05) is 24.2 Å². The van der Waals surface area contributed by atoms with Crippen LogP contribution in [-0.2, 0) is 26.2 Å². The lowest BCUT2D eigenvalue weighted by Crippen LogP contribution is -2.51. The summed E-state index contributed by atoms with van der Waals surface area (Å²) in [5, 5.41) is 3.36. The first kappa shape index (κ1) is 29.2. The third kappa shape index (κ3) is 6.86. The van der Waals surface area contributed by atoms with Gasteiger partial charge in [-0.15, -0.1) is 0 Å². The molecule has 1 heterocycles. The molecule has 0 radical (unpaired) electrons. The zero-order valence-corrected chi connectivity index (χ0v) is 24.0. The molecule has 9 nitrogen and oxygen atoms in total. The highest BCUT2D eigenvalue weighted by Gasteiger charge is 2.33. The van der Waals surface area contributed by atoms with Gasteiger partial charge in [0.2, 0.25) is 11.8 Å². The van der Waals surface area contributed by atoms with Crippen LogP contribution in [0.3, 0.4) is 0 Å². The first-order valence-electron chi connectivity index (χ1n) is 13.0. The number of anilines is 1. The number of benzene rings is 3. The Labute approximate surface area is 239 Å². The van der Waals surface area contributed by atoms with E-state index in [0.717, 1.165) is 16.3 Å². The lowest BCUT2D eigenvalue weighted by atomic mass is 10.1. The van der Waals surface area contributed by atoms with Gasteiger partial charge in [-0.25, -0.2) is 8.42 Å². The summed E-state index contributed by atoms with van der Waals surface area (Å²) in [7, 11) is -4.18. The molecule has 0 fully saturated rings. The second-order valence-corrected chi connectivity index (χ2v) is 11.6. The van der Waals surface area contributed by atoms with Crippen molar-refractivity contribution in [2.45, 2.75) is 37.8 Å². The van der Waals surface area contributed by atoms with E-state index < -0.39 is 28.5 Å². The zero-order chi connectivity index (χ0) is 28.7. The zero-order valence-electron chi connectivity index (χ0n) is 22.4. The number of halogens is 1. The van der Waals surface area contributed by atoms with Crippen LogP contribution in [0.25, 0.3) is 0 Å². The smallest absolute Gasteiger partial charge is 0.264 e. The molecule has 40 heavy (non-hydrogen) atoms. The molecule has 11 heteroatoms. The summed E-state index contributed by atoms with van der Waals surface area (Å²) in [5.74, 6) is -0.0109. The second-order valence-electron chi connectivity index (χ2n) is 9.27. The summed E-state index contributed by atoms with van der Waals surface area (Å²) in [6, 6.07) is 18.7. The van der Waals surface area contributed by atoms with E-state index in [9.17, 15) is 18.0 Å². The van der Waals surface area contributed by atoms with Gasteiger partial charge < -0.3 is 19.7 Å². The molecule has 3 aromatic rings. The summed E-state index contributed by atoms with van der Waals surface area (Å²) < 4.78 is 40.1. The standard InChI is InChI=1S/C29H32ClN3O6S/c1-3-15-31-29(35)21(2)32(19-22-9-11-23(30)12-10-22)28(34)20-33(40(36,37)25-7-5-4-6-8-25)24-13-14-26-27(18-24)39-17-16-38-26/h4-14,18,21H,3,15-17,19-20H2,1-2H3,(H,31,35)/t21-/m0/s1. The summed E-state index contributed by atoms with van der Waals surface area (Å²) in [6.45, 7) is 4.25. The van der Waals surface area contributed by atoms with Crippen LogP contribution in [0.2, 0.25) is 5.02 Å². The van der Waals surface area contributed by atoms with E-state index in [1.165, 1.54) is 17.0 Å². The normalized spacial score (nSPS) is 13.3. The van der Waals surface area contributed by atoms with E-state index in [0.29, 0.717) is 36.3 Å². The van der Waals surface area contributed by atoms with Gasteiger partial charge in [0.25, 0.3) is 10.0 Å². The van der Waals surface area contributed by atoms with E-state index in [-0.39, 0.29) is 23.0 Å². The minimum atomic E-state index is -4.18. The van der Waals surface area contributed by atoms with Crippen LogP contribution in [-0.4, -0.2) is 57.5 Å². The molecule has 0 bridgehead atoms. The Morgan fingerprint density at radius 2 is 1.65 bits per heavy atom. The van der Waals surface area contributed by atoms with Crippen LogP contribution in [0, 0.1) is 0 Å². The molecule has 0 aliphatic carbocycles. The maximum absolute atomic E-state index is 13.9.